The third-order valence-corrected chi connectivity index (χ3v) is 8.27. The molecule has 4 aromatic rings. The predicted molar refractivity (Wildman–Crippen MR) is 160 cm³/mol. The van der Waals surface area contributed by atoms with E-state index in [4.69, 9.17) is 14.2 Å². The van der Waals surface area contributed by atoms with Crippen LogP contribution < -0.4 is 24.4 Å². The standard InChI is InChI=1S/C32H33N3O5S/c1-8-40-31(37)28-20(4)33-32-35(29(28)22-11-14-25(38-6)26(16-22)39-7)30(36)27(41-32)17-23-15-19(3)34(21(23)5)24-12-9-18(2)10-13-24/h9-17,29H,8H2,1-7H3/b27-17-. The van der Waals surface area contributed by atoms with E-state index in [2.05, 4.69) is 53.7 Å². The molecule has 1 aliphatic rings. The highest BCUT2D eigenvalue weighted by molar-refractivity contribution is 7.07. The van der Waals surface area contributed by atoms with Crippen molar-refractivity contribution in [3.63, 3.8) is 0 Å². The van der Waals surface area contributed by atoms with Gasteiger partial charge in [-0.3, -0.25) is 9.36 Å². The van der Waals surface area contributed by atoms with Crippen molar-refractivity contribution in [2.24, 2.45) is 4.99 Å². The second-order valence-corrected chi connectivity index (χ2v) is 10.9. The van der Waals surface area contributed by atoms with Crippen molar-refractivity contribution in [2.75, 3.05) is 20.8 Å². The van der Waals surface area contributed by atoms with Gasteiger partial charge in [0, 0.05) is 17.1 Å². The van der Waals surface area contributed by atoms with Gasteiger partial charge in [0.25, 0.3) is 5.56 Å². The van der Waals surface area contributed by atoms with Crippen molar-refractivity contribution >= 4 is 23.4 Å². The minimum Gasteiger partial charge on any atom is -0.493 e. The fourth-order valence-corrected chi connectivity index (χ4v) is 6.33. The average molecular weight is 572 g/mol. The van der Waals surface area contributed by atoms with Gasteiger partial charge in [-0.1, -0.05) is 35.1 Å². The molecule has 2 aromatic carbocycles. The lowest BCUT2D eigenvalue weighted by atomic mass is 9.95. The highest BCUT2D eigenvalue weighted by atomic mass is 32.1. The van der Waals surface area contributed by atoms with Gasteiger partial charge in [0.15, 0.2) is 16.3 Å². The molecule has 1 aliphatic heterocycles. The van der Waals surface area contributed by atoms with Crippen LogP contribution in [0.1, 0.15) is 48.0 Å². The number of hydrogen-bond acceptors (Lipinski definition) is 7. The monoisotopic (exact) mass is 571 g/mol. The van der Waals surface area contributed by atoms with Gasteiger partial charge in [0.2, 0.25) is 0 Å². The number of benzene rings is 2. The second kappa shape index (κ2) is 11.2. The van der Waals surface area contributed by atoms with Crippen molar-refractivity contribution in [3.8, 4) is 17.2 Å². The maximum absolute atomic E-state index is 14.1. The van der Waals surface area contributed by atoms with Crippen LogP contribution >= 0.6 is 11.3 Å². The molecular weight excluding hydrogens is 538 g/mol. The van der Waals surface area contributed by atoms with E-state index >= 15 is 0 Å². The van der Waals surface area contributed by atoms with Crippen LogP contribution in [0.15, 0.2) is 69.6 Å². The Labute approximate surface area is 242 Å². The van der Waals surface area contributed by atoms with Crippen LogP contribution in [0.2, 0.25) is 0 Å². The number of allylic oxidation sites excluding steroid dienone is 1. The Bertz CT molecular complexity index is 1860. The van der Waals surface area contributed by atoms with Crippen LogP contribution in [-0.2, 0) is 9.53 Å². The summed E-state index contributed by atoms with van der Waals surface area (Å²) in [5, 5.41) is 0. The number of ether oxygens (including phenoxy) is 3. The number of methoxy groups -OCH3 is 2. The number of aryl methyl sites for hydroxylation is 2. The smallest absolute Gasteiger partial charge is 0.338 e. The van der Waals surface area contributed by atoms with Crippen LogP contribution in [0.3, 0.4) is 0 Å². The molecule has 5 rings (SSSR count). The SMILES string of the molecule is CCOC(=O)C1=C(C)N=c2s/c(=C\c3cc(C)n(-c4ccc(C)cc4)c3C)c(=O)n2C1c1ccc(OC)c(OC)c1. The summed E-state index contributed by atoms with van der Waals surface area (Å²) in [4.78, 5) is 32.5. The number of nitrogens with zero attached hydrogens (tertiary/aromatic N) is 3. The minimum atomic E-state index is -0.743. The molecule has 0 bridgehead atoms. The third-order valence-electron chi connectivity index (χ3n) is 7.29. The first-order chi connectivity index (χ1) is 19.7. The average Bonchev–Trinajstić information content (AvgIpc) is 3.41. The van der Waals surface area contributed by atoms with E-state index in [9.17, 15) is 9.59 Å². The van der Waals surface area contributed by atoms with Crippen LogP contribution in [-0.4, -0.2) is 35.9 Å². The van der Waals surface area contributed by atoms with Crippen molar-refractivity contribution in [1.29, 1.82) is 0 Å². The lowest BCUT2D eigenvalue weighted by molar-refractivity contribution is -0.139. The number of hydrogen-bond donors (Lipinski definition) is 0. The number of fused-ring (bicyclic) bond motifs is 1. The Morgan fingerprint density at radius 3 is 2.37 bits per heavy atom. The van der Waals surface area contributed by atoms with E-state index < -0.39 is 12.0 Å². The molecule has 0 N–H and O–H groups in total. The Morgan fingerprint density at radius 1 is 1.00 bits per heavy atom. The molecule has 0 aliphatic carbocycles. The second-order valence-electron chi connectivity index (χ2n) is 9.91. The Balaban J connectivity index is 1.70. The first kappa shape index (κ1) is 28.2. The summed E-state index contributed by atoms with van der Waals surface area (Å²) in [5.74, 6) is 0.531. The molecule has 0 amide bonds. The predicted octanol–water partition coefficient (Wildman–Crippen LogP) is 4.53. The Morgan fingerprint density at radius 2 is 1.71 bits per heavy atom. The number of aromatic nitrogens is 2. The summed E-state index contributed by atoms with van der Waals surface area (Å²) >= 11 is 1.30. The summed E-state index contributed by atoms with van der Waals surface area (Å²) in [7, 11) is 3.11. The molecular formula is C32H33N3O5S. The van der Waals surface area contributed by atoms with Gasteiger partial charge in [-0.2, -0.15) is 0 Å². The number of carbonyl (C=O) groups excluding carboxylic acids is 1. The maximum atomic E-state index is 14.1. The van der Waals surface area contributed by atoms with E-state index in [0.29, 0.717) is 37.7 Å². The van der Waals surface area contributed by atoms with Crippen LogP contribution in [0.5, 0.6) is 11.5 Å². The zero-order valence-corrected chi connectivity index (χ0v) is 25.1. The van der Waals surface area contributed by atoms with E-state index in [0.717, 1.165) is 22.6 Å². The van der Waals surface area contributed by atoms with Gasteiger partial charge in [0.05, 0.1) is 42.7 Å². The van der Waals surface area contributed by atoms with Gasteiger partial charge in [-0.15, -0.1) is 0 Å². The molecule has 9 heteroatoms. The molecule has 0 fully saturated rings. The molecule has 0 saturated carbocycles. The molecule has 3 heterocycles. The molecule has 212 valence electrons. The lowest BCUT2D eigenvalue weighted by Gasteiger charge is -2.25. The number of carbonyl (C=O) groups is 1. The van der Waals surface area contributed by atoms with Gasteiger partial charge in [-0.05, 0) is 82.2 Å². The van der Waals surface area contributed by atoms with Gasteiger partial charge in [0.1, 0.15) is 0 Å². The zero-order chi connectivity index (χ0) is 29.4. The molecule has 1 atom stereocenters. The quantitative estimate of drug-likeness (QED) is 0.305. The summed E-state index contributed by atoms with van der Waals surface area (Å²) in [6.45, 7) is 9.89. The van der Waals surface area contributed by atoms with Crippen LogP contribution in [0.4, 0.5) is 0 Å². The summed E-state index contributed by atoms with van der Waals surface area (Å²) in [6, 6.07) is 15.1. The summed E-state index contributed by atoms with van der Waals surface area (Å²) in [6.07, 6.45) is 1.91. The van der Waals surface area contributed by atoms with E-state index in [1.807, 2.05) is 19.1 Å². The Hall–Kier alpha value is -4.37. The van der Waals surface area contributed by atoms with Gasteiger partial charge < -0.3 is 18.8 Å². The van der Waals surface area contributed by atoms with Crippen molar-refractivity contribution < 1.29 is 19.0 Å². The highest BCUT2D eigenvalue weighted by Crippen LogP contribution is 2.36. The highest BCUT2D eigenvalue weighted by Gasteiger charge is 2.34. The minimum absolute atomic E-state index is 0.204. The first-order valence-corrected chi connectivity index (χ1v) is 14.2. The van der Waals surface area contributed by atoms with E-state index in [1.54, 1.807) is 44.8 Å². The van der Waals surface area contributed by atoms with Crippen molar-refractivity contribution in [3.05, 3.63) is 108 Å². The maximum Gasteiger partial charge on any atom is 0.338 e. The van der Waals surface area contributed by atoms with Crippen LogP contribution in [0.25, 0.3) is 11.8 Å². The first-order valence-electron chi connectivity index (χ1n) is 13.4. The van der Waals surface area contributed by atoms with E-state index in [-0.39, 0.29) is 12.2 Å². The molecule has 8 nitrogen and oxygen atoms in total. The third kappa shape index (κ3) is 5.02. The largest absolute Gasteiger partial charge is 0.493 e. The Kier molecular flexibility index (Phi) is 7.73. The molecule has 0 saturated heterocycles. The fourth-order valence-electron chi connectivity index (χ4n) is 5.30. The zero-order valence-electron chi connectivity index (χ0n) is 24.3. The normalized spacial score (nSPS) is 15.0. The summed E-state index contributed by atoms with van der Waals surface area (Å²) < 4.78 is 20.6. The van der Waals surface area contributed by atoms with E-state index in [1.165, 1.54) is 16.9 Å². The number of rotatable bonds is 7. The number of thiazole rings is 1. The molecule has 0 spiro atoms. The lowest BCUT2D eigenvalue weighted by Crippen LogP contribution is -2.40. The molecule has 1 unspecified atom stereocenters. The summed E-state index contributed by atoms with van der Waals surface area (Å²) in [5.41, 5.74) is 6.56. The molecule has 2 aromatic heterocycles. The van der Waals surface area contributed by atoms with Crippen molar-refractivity contribution in [2.45, 2.75) is 40.7 Å². The molecule has 0 radical (unpaired) electrons. The topological polar surface area (TPSA) is 84.1 Å². The van der Waals surface area contributed by atoms with Crippen LogP contribution in [0, 0.1) is 20.8 Å². The molecule has 41 heavy (non-hydrogen) atoms. The number of esters is 1. The fraction of sp³-hybridized carbons (Fsp3) is 0.281. The van der Waals surface area contributed by atoms with Gasteiger partial charge in [-0.25, -0.2) is 9.79 Å². The van der Waals surface area contributed by atoms with Gasteiger partial charge >= 0.3 is 5.97 Å². The van der Waals surface area contributed by atoms with Crippen molar-refractivity contribution in [1.82, 2.24) is 9.13 Å².